The predicted molar refractivity (Wildman–Crippen MR) is 104 cm³/mol. The molecule has 0 radical (unpaired) electrons. The van der Waals surface area contributed by atoms with Gasteiger partial charge in [0.2, 0.25) is 0 Å². The van der Waals surface area contributed by atoms with Crippen molar-refractivity contribution in [1.82, 2.24) is 5.32 Å². The Labute approximate surface area is 155 Å². The first-order chi connectivity index (χ1) is 12.5. The lowest BCUT2D eigenvalue weighted by Gasteiger charge is -2.35. The Hall–Kier alpha value is -2.08. The molecule has 26 heavy (non-hydrogen) atoms. The number of anilines is 1. The molecule has 0 unspecified atom stereocenters. The van der Waals surface area contributed by atoms with E-state index in [1.807, 2.05) is 12.1 Å². The van der Waals surface area contributed by atoms with Crippen LogP contribution >= 0.6 is 0 Å². The summed E-state index contributed by atoms with van der Waals surface area (Å²) in [7, 11) is 0. The van der Waals surface area contributed by atoms with Crippen LogP contribution in [0.5, 0.6) is 0 Å². The summed E-state index contributed by atoms with van der Waals surface area (Å²) in [6, 6.07) is 8.42. The largest absolute Gasteiger partial charge is 0.481 e. The fourth-order valence-electron chi connectivity index (χ4n) is 4.12. The van der Waals surface area contributed by atoms with Crippen molar-refractivity contribution in [2.45, 2.75) is 44.6 Å². The molecule has 1 saturated heterocycles. The first-order valence-electron chi connectivity index (χ1n) is 9.68. The molecule has 1 saturated carbocycles. The van der Waals surface area contributed by atoms with E-state index in [1.165, 1.54) is 18.5 Å². The number of nitrogen functional groups attached to an aromatic ring is 1. The van der Waals surface area contributed by atoms with Gasteiger partial charge >= 0.3 is 5.97 Å². The highest BCUT2D eigenvalue weighted by Crippen LogP contribution is 2.26. The summed E-state index contributed by atoms with van der Waals surface area (Å²) in [6.07, 6.45) is 5.93. The van der Waals surface area contributed by atoms with E-state index < -0.39 is 5.97 Å². The number of carbonyl (C=O) groups is 1. The van der Waals surface area contributed by atoms with E-state index in [-0.39, 0.29) is 11.8 Å². The molecule has 6 nitrogen and oxygen atoms in total. The third-order valence-electron chi connectivity index (χ3n) is 5.93. The van der Waals surface area contributed by atoms with E-state index in [9.17, 15) is 4.79 Å². The fraction of sp³-hybridized carbons (Fsp3) is 0.600. The first-order valence-corrected chi connectivity index (χ1v) is 9.68. The van der Waals surface area contributed by atoms with E-state index in [2.05, 4.69) is 22.3 Å². The van der Waals surface area contributed by atoms with Gasteiger partial charge in [-0.05, 0) is 75.3 Å². The van der Waals surface area contributed by atoms with Gasteiger partial charge in [-0.1, -0.05) is 0 Å². The SMILES string of the molecule is N=C(N)c1ccc(N2CCC(CNC3CCC(C(=O)O)CC3)CC2)cc1. The van der Waals surface area contributed by atoms with Crippen LogP contribution in [0.15, 0.2) is 24.3 Å². The maximum Gasteiger partial charge on any atom is 0.306 e. The molecule has 1 aromatic rings. The Morgan fingerprint density at radius 3 is 2.27 bits per heavy atom. The summed E-state index contributed by atoms with van der Waals surface area (Å²) in [6.45, 7) is 3.15. The standard InChI is InChI=1S/C20H30N4O2/c21-19(22)15-3-7-18(8-4-15)24-11-9-14(10-12-24)13-23-17-5-1-16(2-6-17)20(25)26/h3-4,7-8,14,16-17,23H,1-2,5-6,9-13H2,(H3,21,22)(H,25,26). The molecular weight excluding hydrogens is 328 g/mol. The van der Waals surface area contributed by atoms with Crippen molar-refractivity contribution >= 4 is 17.5 Å². The molecule has 1 aliphatic heterocycles. The molecular formula is C20H30N4O2. The molecule has 1 aromatic carbocycles. The van der Waals surface area contributed by atoms with Gasteiger partial charge in [-0.25, -0.2) is 0 Å². The molecule has 0 amide bonds. The van der Waals surface area contributed by atoms with Crippen molar-refractivity contribution in [2.75, 3.05) is 24.5 Å². The molecule has 0 bridgehead atoms. The van der Waals surface area contributed by atoms with E-state index in [0.717, 1.165) is 50.9 Å². The van der Waals surface area contributed by atoms with Crippen molar-refractivity contribution < 1.29 is 9.90 Å². The topological polar surface area (TPSA) is 102 Å². The van der Waals surface area contributed by atoms with E-state index >= 15 is 0 Å². The van der Waals surface area contributed by atoms with Gasteiger partial charge in [-0.3, -0.25) is 10.2 Å². The minimum Gasteiger partial charge on any atom is -0.481 e. The Balaban J connectivity index is 1.39. The molecule has 0 aromatic heterocycles. The summed E-state index contributed by atoms with van der Waals surface area (Å²) in [5.74, 6) is 0.0384. The molecule has 3 rings (SSSR count). The van der Waals surface area contributed by atoms with Crippen molar-refractivity contribution in [3.05, 3.63) is 29.8 Å². The predicted octanol–water partition coefficient (Wildman–Crippen LogP) is 2.42. The van der Waals surface area contributed by atoms with Crippen molar-refractivity contribution in [3.8, 4) is 0 Å². The normalized spacial score (nSPS) is 24.4. The molecule has 2 fully saturated rings. The van der Waals surface area contributed by atoms with Crippen LogP contribution in [0.25, 0.3) is 0 Å². The van der Waals surface area contributed by atoms with Gasteiger partial charge in [0.1, 0.15) is 5.84 Å². The van der Waals surface area contributed by atoms with Gasteiger partial charge < -0.3 is 21.1 Å². The average Bonchev–Trinajstić information content (AvgIpc) is 2.67. The van der Waals surface area contributed by atoms with E-state index in [4.69, 9.17) is 16.2 Å². The summed E-state index contributed by atoms with van der Waals surface area (Å²) in [4.78, 5) is 13.4. The molecule has 142 valence electrons. The monoisotopic (exact) mass is 358 g/mol. The lowest BCUT2D eigenvalue weighted by atomic mass is 9.85. The minimum atomic E-state index is -0.632. The van der Waals surface area contributed by atoms with Crippen LogP contribution in [0.3, 0.4) is 0 Å². The quantitative estimate of drug-likeness (QED) is 0.462. The summed E-state index contributed by atoms with van der Waals surface area (Å²) in [5, 5.41) is 20.2. The number of nitrogens with two attached hydrogens (primary N) is 1. The van der Waals surface area contributed by atoms with E-state index in [0.29, 0.717) is 12.0 Å². The van der Waals surface area contributed by atoms with E-state index in [1.54, 1.807) is 0 Å². The van der Waals surface area contributed by atoms with Gasteiger partial charge in [0.05, 0.1) is 5.92 Å². The molecule has 0 atom stereocenters. The Kier molecular flexibility index (Phi) is 6.14. The number of aliphatic carboxylic acids is 1. The van der Waals surface area contributed by atoms with Crippen molar-refractivity contribution in [1.29, 1.82) is 5.41 Å². The van der Waals surface area contributed by atoms with Crippen LogP contribution in [0.1, 0.15) is 44.1 Å². The second kappa shape index (κ2) is 8.54. The number of rotatable bonds is 6. The van der Waals surface area contributed by atoms with Crippen molar-refractivity contribution in [3.63, 3.8) is 0 Å². The smallest absolute Gasteiger partial charge is 0.306 e. The zero-order valence-electron chi connectivity index (χ0n) is 15.3. The maximum atomic E-state index is 11.0. The van der Waals surface area contributed by atoms with Gasteiger partial charge in [0.25, 0.3) is 0 Å². The van der Waals surface area contributed by atoms with Gasteiger partial charge in [-0.15, -0.1) is 0 Å². The van der Waals surface area contributed by atoms with Gasteiger partial charge in [-0.2, -0.15) is 0 Å². The third-order valence-corrected chi connectivity index (χ3v) is 5.93. The summed E-state index contributed by atoms with van der Waals surface area (Å²) in [5.41, 5.74) is 7.48. The molecule has 2 aliphatic rings. The minimum absolute atomic E-state index is 0.110. The van der Waals surface area contributed by atoms with Gasteiger partial charge in [0, 0.05) is 30.4 Å². The Morgan fingerprint density at radius 2 is 1.73 bits per heavy atom. The number of hydrogen-bond acceptors (Lipinski definition) is 4. The molecule has 1 aliphatic carbocycles. The molecule has 1 heterocycles. The molecule has 0 spiro atoms. The summed E-state index contributed by atoms with van der Waals surface area (Å²) >= 11 is 0. The zero-order valence-corrected chi connectivity index (χ0v) is 15.3. The van der Waals surface area contributed by atoms with Gasteiger partial charge in [0.15, 0.2) is 0 Å². The number of nitrogens with zero attached hydrogens (tertiary/aromatic N) is 1. The first kappa shape index (κ1) is 18.7. The molecule has 6 heteroatoms. The zero-order chi connectivity index (χ0) is 18.5. The highest BCUT2D eigenvalue weighted by molar-refractivity contribution is 5.95. The van der Waals surface area contributed by atoms with Crippen LogP contribution in [-0.2, 0) is 4.79 Å². The lowest BCUT2D eigenvalue weighted by Crippen LogP contribution is -2.41. The number of benzene rings is 1. The molecule has 5 N–H and O–H groups in total. The second-order valence-corrected chi connectivity index (χ2v) is 7.69. The van der Waals surface area contributed by atoms with Crippen LogP contribution in [0, 0.1) is 17.2 Å². The highest BCUT2D eigenvalue weighted by Gasteiger charge is 2.26. The second-order valence-electron chi connectivity index (χ2n) is 7.69. The van der Waals surface area contributed by atoms with Crippen LogP contribution in [0.4, 0.5) is 5.69 Å². The Bertz CT molecular complexity index is 615. The number of hydrogen-bond donors (Lipinski definition) is 4. The number of carboxylic acids is 1. The number of piperidine rings is 1. The van der Waals surface area contributed by atoms with Crippen LogP contribution in [-0.4, -0.2) is 42.6 Å². The maximum absolute atomic E-state index is 11.0. The third kappa shape index (κ3) is 4.75. The van der Waals surface area contributed by atoms with Crippen LogP contribution < -0.4 is 16.0 Å². The number of nitrogens with one attached hydrogen (secondary N) is 2. The van der Waals surface area contributed by atoms with Crippen LogP contribution in [0.2, 0.25) is 0 Å². The average molecular weight is 358 g/mol. The lowest BCUT2D eigenvalue weighted by molar-refractivity contribution is -0.142. The number of amidine groups is 1. The van der Waals surface area contributed by atoms with Crippen molar-refractivity contribution in [2.24, 2.45) is 17.6 Å². The highest BCUT2D eigenvalue weighted by atomic mass is 16.4. The Morgan fingerprint density at radius 1 is 1.12 bits per heavy atom. The summed E-state index contributed by atoms with van der Waals surface area (Å²) < 4.78 is 0. The fourth-order valence-corrected chi connectivity index (χ4v) is 4.12. The number of carboxylic acid groups (broad SMARTS) is 1.